The Morgan fingerprint density at radius 1 is 1.59 bits per heavy atom. The van der Waals surface area contributed by atoms with Gasteiger partial charge in [-0.05, 0) is 28.4 Å². The minimum absolute atomic E-state index is 0.00542. The number of carbonyl (C=O) groups is 1. The van der Waals surface area contributed by atoms with Gasteiger partial charge in [0.05, 0.1) is 18.2 Å². The summed E-state index contributed by atoms with van der Waals surface area (Å²) in [5, 5.41) is 3.73. The van der Waals surface area contributed by atoms with Crippen molar-refractivity contribution in [1.82, 2.24) is 10.3 Å². The molecule has 0 fully saturated rings. The van der Waals surface area contributed by atoms with E-state index < -0.39 is 0 Å². The molecule has 1 unspecified atom stereocenters. The summed E-state index contributed by atoms with van der Waals surface area (Å²) in [6.45, 7) is 0.499. The molecule has 1 rings (SSSR count). The normalized spacial score (nSPS) is 12.2. The van der Waals surface area contributed by atoms with Crippen molar-refractivity contribution in [1.29, 1.82) is 0 Å². The summed E-state index contributed by atoms with van der Waals surface area (Å²) in [6.07, 6.45) is 4.00. The molecule has 0 bridgehead atoms. The number of methoxy groups -OCH3 is 1. The van der Waals surface area contributed by atoms with Crippen LogP contribution >= 0.6 is 31.9 Å². The smallest absolute Gasteiger partial charge is 0.253 e. The minimum atomic E-state index is -0.137. The Hall–Kier alpha value is -0.460. The molecular formula is C11H14Br2N2O2. The van der Waals surface area contributed by atoms with Crippen LogP contribution in [0.5, 0.6) is 0 Å². The molecule has 94 valence electrons. The fourth-order valence-corrected chi connectivity index (χ4v) is 2.25. The Labute approximate surface area is 117 Å². The zero-order chi connectivity index (χ0) is 12.7. The standard InChI is InChI=1S/C11H14Br2N2O2/c1-17-7-10(2-3-12)15-11(16)8-4-9(13)6-14-5-8/h4-6,10H,2-3,7H2,1H3,(H,15,16). The zero-order valence-electron chi connectivity index (χ0n) is 9.45. The van der Waals surface area contributed by atoms with Crippen molar-refractivity contribution in [2.24, 2.45) is 0 Å². The first-order valence-electron chi connectivity index (χ1n) is 5.13. The Bertz CT molecular complexity index is 368. The Balaban J connectivity index is 2.63. The number of pyridine rings is 1. The molecule has 1 amide bonds. The van der Waals surface area contributed by atoms with Gasteiger partial charge in [0.15, 0.2) is 0 Å². The van der Waals surface area contributed by atoms with Crippen LogP contribution in [0, 0.1) is 0 Å². The maximum Gasteiger partial charge on any atom is 0.253 e. The van der Waals surface area contributed by atoms with Crippen molar-refractivity contribution in [2.75, 3.05) is 19.0 Å². The Morgan fingerprint density at radius 2 is 2.35 bits per heavy atom. The Morgan fingerprint density at radius 3 is 2.94 bits per heavy atom. The summed E-state index contributed by atoms with van der Waals surface area (Å²) >= 11 is 6.63. The lowest BCUT2D eigenvalue weighted by molar-refractivity contribution is 0.0895. The van der Waals surface area contributed by atoms with Crippen LogP contribution in [0.3, 0.4) is 0 Å². The Kier molecular flexibility index (Phi) is 6.69. The van der Waals surface area contributed by atoms with Crippen molar-refractivity contribution >= 4 is 37.8 Å². The fourth-order valence-electron chi connectivity index (χ4n) is 1.33. The van der Waals surface area contributed by atoms with Gasteiger partial charge in [-0.25, -0.2) is 0 Å². The van der Waals surface area contributed by atoms with Gasteiger partial charge in [-0.15, -0.1) is 0 Å². The topological polar surface area (TPSA) is 51.2 Å². The fraction of sp³-hybridized carbons (Fsp3) is 0.455. The van der Waals surface area contributed by atoms with E-state index in [9.17, 15) is 4.79 Å². The van der Waals surface area contributed by atoms with E-state index in [1.165, 1.54) is 6.20 Å². The molecule has 1 atom stereocenters. The average molecular weight is 366 g/mol. The van der Waals surface area contributed by atoms with E-state index in [-0.39, 0.29) is 11.9 Å². The van der Waals surface area contributed by atoms with Crippen molar-refractivity contribution in [3.63, 3.8) is 0 Å². The van der Waals surface area contributed by atoms with E-state index in [1.807, 2.05) is 0 Å². The number of ether oxygens (including phenoxy) is 1. The largest absolute Gasteiger partial charge is 0.383 e. The van der Waals surface area contributed by atoms with Gasteiger partial charge in [-0.3, -0.25) is 9.78 Å². The molecule has 4 nitrogen and oxygen atoms in total. The van der Waals surface area contributed by atoms with Gasteiger partial charge in [0.1, 0.15) is 0 Å². The first-order chi connectivity index (χ1) is 8.17. The molecular weight excluding hydrogens is 352 g/mol. The highest BCUT2D eigenvalue weighted by Crippen LogP contribution is 2.10. The monoisotopic (exact) mass is 364 g/mol. The van der Waals surface area contributed by atoms with Gasteiger partial charge >= 0.3 is 0 Å². The predicted molar refractivity (Wildman–Crippen MR) is 73.5 cm³/mol. The highest BCUT2D eigenvalue weighted by atomic mass is 79.9. The summed E-state index contributed by atoms with van der Waals surface area (Å²) in [5.41, 5.74) is 0.537. The average Bonchev–Trinajstić information content (AvgIpc) is 2.29. The van der Waals surface area contributed by atoms with Gasteiger partial charge in [-0.2, -0.15) is 0 Å². The molecule has 1 aromatic rings. The second-order valence-electron chi connectivity index (χ2n) is 3.50. The molecule has 0 aliphatic heterocycles. The van der Waals surface area contributed by atoms with Crippen LogP contribution in [-0.2, 0) is 4.74 Å². The number of rotatable bonds is 6. The molecule has 1 aromatic heterocycles. The molecule has 0 saturated heterocycles. The number of hydrogen-bond donors (Lipinski definition) is 1. The number of halogens is 2. The summed E-state index contributed by atoms with van der Waals surface area (Å²) in [4.78, 5) is 15.9. The van der Waals surface area contributed by atoms with Crippen LogP contribution < -0.4 is 5.32 Å². The molecule has 17 heavy (non-hydrogen) atoms. The quantitative estimate of drug-likeness (QED) is 0.787. The van der Waals surface area contributed by atoms with Crippen LogP contribution in [0.1, 0.15) is 16.8 Å². The summed E-state index contributed by atoms with van der Waals surface area (Å²) in [5.74, 6) is -0.137. The molecule has 1 N–H and O–H groups in total. The van der Waals surface area contributed by atoms with Gasteiger partial charge in [0.2, 0.25) is 0 Å². The van der Waals surface area contributed by atoms with Crippen LogP contribution in [0.15, 0.2) is 22.9 Å². The molecule has 1 heterocycles. The van der Waals surface area contributed by atoms with Gasteiger partial charge in [-0.1, -0.05) is 15.9 Å². The first-order valence-corrected chi connectivity index (χ1v) is 7.05. The van der Waals surface area contributed by atoms with Crippen LogP contribution in [0.2, 0.25) is 0 Å². The third kappa shape index (κ3) is 5.14. The number of aromatic nitrogens is 1. The highest BCUT2D eigenvalue weighted by molar-refractivity contribution is 9.10. The summed E-state index contributed by atoms with van der Waals surface area (Å²) in [7, 11) is 1.62. The van der Waals surface area contributed by atoms with Crippen LogP contribution in [0.4, 0.5) is 0 Å². The SMILES string of the molecule is COCC(CCBr)NC(=O)c1cncc(Br)c1. The summed E-state index contributed by atoms with van der Waals surface area (Å²) in [6, 6.07) is 1.74. The number of alkyl halides is 1. The molecule has 0 aliphatic rings. The number of carbonyl (C=O) groups excluding carboxylic acids is 1. The number of amides is 1. The van der Waals surface area contributed by atoms with Crippen LogP contribution in [0.25, 0.3) is 0 Å². The first kappa shape index (κ1) is 14.6. The number of hydrogen-bond acceptors (Lipinski definition) is 3. The predicted octanol–water partition coefficient (Wildman–Crippen LogP) is 2.37. The van der Waals surface area contributed by atoms with E-state index in [2.05, 4.69) is 42.2 Å². The van der Waals surface area contributed by atoms with Gasteiger partial charge in [0.25, 0.3) is 5.91 Å². The van der Waals surface area contributed by atoms with E-state index in [4.69, 9.17) is 4.74 Å². The van der Waals surface area contributed by atoms with E-state index in [0.29, 0.717) is 12.2 Å². The maximum absolute atomic E-state index is 11.9. The van der Waals surface area contributed by atoms with Crippen molar-refractivity contribution in [2.45, 2.75) is 12.5 Å². The second kappa shape index (κ2) is 7.79. The third-order valence-corrected chi connectivity index (χ3v) is 3.02. The third-order valence-electron chi connectivity index (χ3n) is 2.13. The molecule has 6 heteroatoms. The second-order valence-corrected chi connectivity index (χ2v) is 5.20. The van der Waals surface area contributed by atoms with Crippen molar-refractivity contribution in [3.05, 3.63) is 28.5 Å². The van der Waals surface area contributed by atoms with E-state index in [0.717, 1.165) is 16.2 Å². The molecule has 0 aliphatic carbocycles. The lowest BCUT2D eigenvalue weighted by Gasteiger charge is -2.16. The number of nitrogens with one attached hydrogen (secondary N) is 1. The van der Waals surface area contributed by atoms with E-state index in [1.54, 1.807) is 19.4 Å². The molecule has 0 spiro atoms. The van der Waals surface area contributed by atoms with Crippen molar-refractivity contribution in [3.8, 4) is 0 Å². The number of nitrogens with zero attached hydrogens (tertiary/aromatic N) is 1. The van der Waals surface area contributed by atoms with E-state index >= 15 is 0 Å². The van der Waals surface area contributed by atoms with Crippen molar-refractivity contribution < 1.29 is 9.53 Å². The lowest BCUT2D eigenvalue weighted by atomic mass is 10.2. The summed E-state index contributed by atoms with van der Waals surface area (Å²) < 4.78 is 5.84. The van der Waals surface area contributed by atoms with Gasteiger partial charge < -0.3 is 10.1 Å². The minimum Gasteiger partial charge on any atom is -0.383 e. The molecule has 0 aromatic carbocycles. The maximum atomic E-state index is 11.9. The zero-order valence-corrected chi connectivity index (χ0v) is 12.6. The van der Waals surface area contributed by atoms with Gasteiger partial charge in [0, 0.05) is 29.3 Å². The highest BCUT2D eigenvalue weighted by Gasteiger charge is 2.13. The molecule has 0 radical (unpaired) electrons. The lowest BCUT2D eigenvalue weighted by Crippen LogP contribution is -2.38. The van der Waals surface area contributed by atoms with Crippen LogP contribution in [-0.4, -0.2) is 36.0 Å². The molecule has 0 saturated carbocycles.